The van der Waals surface area contributed by atoms with Crippen LogP contribution in [0.1, 0.15) is 19.8 Å². The second-order valence-corrected chi connectivity index (χ2v) is 4.85. The smallest absolute Gasteiger partial charge is 0.151 e. The van der Waals surface area contributed by atoms with E-state index in [-0.39, 0.29) is 0 Å². The molecular weight excluding hydrogens is 236 g/mol. The molecule has 0 spiro atoms. The Morgan fingerprint density at radius 2 is 2.35 bits per heavy atom. The molecule has 5 heteroatoms. The fourth-order valence-electron chi connectivity index (χ4n) is 2.25. The second-order valence-electron chi connectivity index (χ2n) is 4.47. The van der Waals surface area contributed by atoms with E-state index in [1.165, 1.54) is 12.8 Å². The predicted molar refractivity (Wildman–Crippen MR) is 70.5 cm³/mol. The molecule has 94 valence electrons. The molecule has 0 radical (unpaired) electrons. The summed E-state index contributed by atoms with van der Waals surface area (Å²) in [4.78, 5) is 2.26. The van der Waals surface area contributed by atoms with Crippen LogP contribution in [0.5, 0.6) is 0 Å². The Balaban J connectivity index is 1.97. The van der Waals surface area contributed by atoms with Crippen molar-refractivity contribution in [2.75, 3.05) is 31.1 Å². The summed E-state index contributed by atoms with van der Waals surface area (Å²) in [5, 5.41) is 11.9. The third kappa shape index (κ3) is 3.54. The van der Waals surface area contributed by atoms with Gasteiger partial charge in [0, 0.05) is 13.1 Å². The number of hydrogen-bond acceptors (Lipinski definition) is 4. The van der Waals surface area contributed by atoms with E-state index in [1.807, 2.05) is 6.07 Å². The highest BCUT2D eigenvalue weighted by molar-refractivity contribution is 6.29. The maximum atomic E-state index is 5.75. The Morgan fingerprint density at radius 3 is 2.94 bits per heavy atom. The molecule has 4 nitrogen and oxygen atoms in total. The van der Waals surface area contributed by atoms with Gasteiger partial charge in [-0.1, -0.05) is 11.6 Å². The molecule has 1 atom stereocenters. The van der Waals surface area contributed by atoms with Crippen LogP contribution in [0, 0.1) is 5.92 Å². The van der Waals surface area contributed by atoms with Gasteiger partial charge >= 0.3 is 0 Å². The zero-order chi connectivity index (χ0) is 12.1. The fraction of sp³-hybridized carbons (Fsp3) is 0.667. The summed E-state index contributed by atoms with van der Waals surface area (Å²) in [7, 11) is 0. The van der Waals surface area contributed by atoms with E-state index in [9.17, 15) is 0 Å². The van der Waals surface area contributed by atoms with Crippen molar-refractivity contribution in [2.24, 2.45) is 5.92 Å². The first-order valence-electron chi connectivity index (χ1n) is 6.24. The van der Waals surface area contributed by atoms with Crippen LogP contribution in [0.25, 0.3) is 0 Å². The first kappa shape index (κ1) is 12.6. The first-order valence-corrected chi connectivity index (χ1v) is 6.62. The van der Waals surface area contributed by atoms with E-state index in [4.69, 9.17) is 11.6 Å². The molecule has 1 fully saturated rings. The molecule has 1 N–H and O–H groups in total. The van der Waals surface area contributed by atoms with Crippen molar-refractivity contribution >= 4 is 17.4 Å². The van der Waals surface area contributed by atoms with E-state index in [0.29, 0.717) is 11.1 Å². The van der Waals surface area contributed by atoms with Crippen molar-refractivity contribution in [3.63, 3.8) is 0 Å². The standard InChI is InChI=1S/C12H19ClN4/c1-2-17(9-10-4-3-7-14-8-10)12-6-5-11(13)15-16-12/h5-6,10,14H,2-4,7-9H2,1H3. The van der Waals surface area contributed by atoms with Crippen LogP contribution in [0.4, 0.5) is 5.82 Å². The monoisotopic (exact) mass is 254 g/mol. The van der Waals surface area contributed by atoms with Gasteiger partial charge in [-0.3, -0.25) is 0 Å². The summed E-state index contributed by atoms with van der Waals surface area (Å²) in [6.07, 6.45) is 2.57. The quantitative estimate of drug-likeness (QED) is 0.892. The minimum absolute atomic E-state index is 0.448. The van der Waals surface area contributed by atoms with Crippen molar-refractivity contribution in [1.29, 1.82) is 0 Å². The number of rotatable bonds is 4. The summed E-state index contributed by atoms with van der Waals surface area (Å²) >= 11 is 5.75. The highest BCUT2D eigenvalue weighted by atomic mass is 35.5. The van der Waals surface area contributed by atoms with Gasteiger partial charge in [0.15, 0.2) is 11.0 Å². The Morgan fingerprint density at radius 1 is 1.47 bits per heavy atom. The molecule has 1 aromatic rings. The van der Waals surface area contributed by atoms with Crippen LogP contribution >= 0.6 is 11.6 Å². The van der Waals surface area contributed by atoms with E-state index in [1.54, 1.807) is 6.07 Å². The van der Waals surface area contributed by atoms with E-state index in [0.717, 1.165) is 32.0 Å². The lowest BCUT2D eigenvalue weighted by atomic mass is 9.99. The number of hydrogen-bond donors (Lipinski definition) is 1. The van der Waals surface area contributed by atoms with Crippen LogP contribution in [-0.2, 0) is 0 Å². The molecule has 1 unspecified atom stereocenters. The average Bonchev–Trinajstić information content (AvgIpc) is 2.38. The SMILES string of the molecule is CCN(CC1CCCNC1)c1ccc(Cl)nn1. The topological polar surface area (TPSA) is 41.0 Å². The minimum atomic E-state index is 0.448. The zero-order valence-electron chi connectivity index (χ0n) is 10.2. The van der Waals surface area contributed by atoms with Gasteiger partial charge in [0.05, 0.1) is 0 Å². The molecular formula is C12H19ClN4. The largest absolute Gasteiger partial charge is 0.355 e. The molecule has 1 aliphatic heterocycles. The van der Waals surface area contributed by atoms with Gasteiger partial charge in [-0.05, 0) is 50.9 Å². The predicted octanol–water partition coefficient (Wildman–Crippen LogP) is 1.96. The number of aromatic nitrogens is 2. The maximum Gasteiger partial charge on any atom is 0.151 e. The van der Waals surface area contributed by atoms with Gasteiger partial charge in [-0.2, -0.15) is 0 Å². The minimum Gasteiger partial charge on any atom is -0.355 e. The number of nitrogens with zero attached hydrogens (tertiary/aromatic N) is 3. The highest BCUT2D eigenvalue weighted by Crippen LogP contribution is 2.17. The summed E-state index contributed by atoms with van der Waals surface area (Å²) in [6.45, 7) is 6.40. The molecule has 1 aromatic heterocycles. The second kappa shape index (κ2) is 6.17. The molecule has 1 saturated heterocycles. The normalized spacial score (nSPS) is 20.2. The summed E-state index contributed by atoms with van der Waals surface area (Å²) in [5.41, 5.74) is 0. The van der Waals surface area contributed by atoms with Crippen molar-refractivity contribution in [3.05, 3.63) is 17.3 Å². The van der Waals surface area contributed by atoms with Gasteiger partial charge in [0.1, 0.15) is 0 Å². The van der Waals surface area contributed by atoms with Crippen molar-refractivity contribution < 1.29 is 0 Å². The summed E-state index contributed by atoms with van der Waals surface area (Å²) < 4.78 is 0. The number of halogens is 1. The molecule has 2 heterocycles. The molecule has 17 heavy (non-hydrogen) atoms. The number of anilines is 1. The lowest BCUT2D eigenvalue weighted by Gasteiger charge is -2.29. The van der Waals surface area contributed by atoms with Crippen molar-refractivity contribution in [2.45, 2.75) is 19.8 Å². The molecule has 0 saturated carbocycles. The summed E-state index contributed by atoms with van der Waals surface area (Å²) in [5.74, 6) is 1.63. The molecule has 0 bridgehead atoms. The zero-order valence-corrected chi connectivity index (χ0v) is 11.0. The van der Waals surface area contributed by atoms with E-state index < -0.39 is 0 Å². The van der Waals surface area contributed by atoms with Crippen LogP contribution in [-0.4, -0.2) is 36.4 Å². The fourth-order valence-corrected chi connectivity index (χ4v) is 2.35. The number of piperidine rings is 1. The van der Waals surface area contributed by atoms with Crippen LogP contribution in [0.15, 0.2) is 12.1 Å². The third-order valence-electron chi connectivity index (χ3n) is 3.20. The molecule has 2 rings (SSSR count). The maximum absolute atomic E-state index is 5.75. The summed E-state index contributed by atoms with van der Waals surface area (Å²) in [6, 6.07) is 3.74. The first-order chi connectivity index (χ1) is 8.29. The van der Waals surface area contributed by atoms with Crippen LogP contribution < -0.4 is 10.2 Å². The van der Waals surface area contributed by atoms with Crippen LogP contribution in [0.2, 0.25) is 5.15 Å². The Hall–Kier alpha value is -0.870. The van der Waals surface area contributed by atoms with Gasteiger partial charge in [-0.15, -0.1) is 10.2 Å². The van der Waals surface area contributed by atoms with E-state index >= 15 is 0 Å². The van der Waals surface area contributed by atoms with Gasteiger partial charge in [-0.25, -0.2) is 0 Å². The molecule has 0 aliphatic carbocycles. The van der Waals surface area contributed by atoms with Gasteiger partial charge in [0.2, 0.25) is 0 Å². The van der Waals surface area contributed by atoms with Crippen LogP contribution in [0.3, 0.4) is 0 Å². The average molecular weight is 255 g/mol. The molecule has 0 aromatic carbocycles. The van der Waals surface area contributed by atoms with Crippen molar-refractivity contribution in [1.82, 2.24) is 15.5 Å². The lowest BCUT2D eigenvalue weighted by molar-refractivity contribution is 0.377. The van der Waals surface area contributed by atoms with Gasteiger partial charge < -0.3 is 10.2 Å². The third-order valence-corrected chi connectivity index (χ3v) is 3.40. The number of nitrogens with one attached hydrogen (secondary N) is 1. The highest BCUT2D eigenvalue weighted by Gasteiger charge is 2.17. The Kier molecular flexibility index (Phi) is 4.57. The van der Waals surface area contributed by atoms with E-state index in [2.05, 4.69) is 27.3 Å². The van der Waals surface area contributed by atoms with Crippen molar-refractivity contribution in [3.8, 4) is 0 Å². The Labute approximate surface area is 107 Å². The molecule has 1 aliphatic rings. The Bertz CT molecular complexity index is 335. The van der Waals surface area contributed by atoms with Gasteiger partial charge in [0.25, 0.3) is 0 Å². The molecule has 0 amide bonds. The lowest BCUT2D eigenvalue weighted by Crippen LogP contribution is -2.38.